The molecule has 1 amide bonds. The van der Waals surface area contributed by atoms with E-state index in [1.807, 2.05) is 11.5 Å². The van der Waals surface area contributed by atoms with Gasteiger partial charge in [-0.1, -0.05) is 11.8 Å². The van der Waals surface area contributed by atoms with Crippen LogP contribution < -0.4 is 5.32 Å². The molecule has 7 nitrogen and oxygen atoms in total. The predicted octanol–water partition coefficient (Wildman–Crippen LogP) is -0.307. The molecule has 1 aliphatic rings. The second-order valence-electron chi connectivity index (χ2n) is 4.36. The third-order valence-electron chi connectivity index (χ3n) is 2.85. The number of hydrogen-bond acceptors (Lipinski definition) is 6. The average Bonchev–Trinajstić information content (AvgIpc) is 2.92. The van der Waals surface area contributed by atoms with Crippen LogP contribution in [-0.4, -0.2) is 52.4 Å². The molecule has 1 saturated heterocycles. The van der Waals surface area contributed by atoms with Crippen molar-refractivity contribution in [2.24, 2.45) is 0 Å². The van der Waals surface area contributed by atoms with Gasteiger partial charge in [0.25, 0.3) is 0 Å². The van der Waals surface area contributed by atoms with Crippen molar-refractivity contribution in [1.29, 1.82) is 0 Å². The third kappa shape index (κ3) is 3.93. The summed E-state index contributed by atoms with van der Waals surface area (Å²) in [6.45, 7) is 2.72. The molecule has 0 aliphatic carbocycles. The quantitative estimate of drug-likeness (QED) is 0.750. The van der Waals surface area contributed by atoms with E-state index >= 15 is 0 Å². The van der Waals surface area contributed by atoms with E-state index in [0.29, 0.717) is 11.6 Å². The lowest BCUT2D eigenvalue weighted by atomic mass is 10.3. The number of aromatic nitrogens is 3. The Morgan fingerprint density at radius 1 is 1.63 bits per heavy atom. The zero-order valence-electron chi connectivity index (χ0n) is 10.6. The first kappa shape index (κ1) is 14.3. The number of thioether (sulfide) groups is 1. The number of carbonyl (C=O) groups is 1. The van der Waals surface area contributed by atoms with Gasteiger partial charge in [-0.25, -0.2) is 8.42 Å². The van der Waals surface area contributed by atoms with Gasteiger partial charge in [0.2, 0.25) is 5.91 Å². The SMILES string of the molecule is CCn1cnnc1SCC(=O)N[C@H]1CCS(=O)(=O)C1. The van der Waals surface area contributed by atoms with Crippen LogP contribution in [0.25, 0.3) is 0 Å². The Morgan fingerprint density at radius 2 is 2.42 bits per heavy atom. The van der Waals surface area contributed by atoms with Gasteiger partial charge in [0.05, 0.1) is 17.3 Å². The summed E-state index contributed by atoms with van der Waals surface area (Å²) in [5.74, 6) is 0.261. The number of amides is 1. The zero-order valence-corrected chi connectivity index (χ0v) is 12.2. The Labute approximate surface area is 116 Å². The standard InChI is InChI=1S/C10H16N4O3S2/c1-2-14-7-11-13-10(14)18-5-9(15)12-8-3-4-19(16,17)6-8/h7-8H,2-6H2,1H3,(H,12,15)/t8-/m0/s1. The molecule has 0 radical (unpaired) electrons. The van der Waals surface area contributed by atoms with Gasteiger partial charge in [-0.2, -0.15) is 0 Å². The molecule has 1 atom stereocenters. The molecule has 2 rings (SSSR count). The summed E-state index contributed by atoms with van der Waals surface area (Å²) < 4.78 is 24.4. The lowest BCUT2D eigenvalue weighted by Gasteiger charge is -2.10. The predicted molar refractivity (Wildman–Crippen MR) is 71.6 cm³/mol. The fraction of sp³-hybridized carbons (Fsp3) is 0.700. The number of sulfone groups is 1. The lowest BCUT2D eigenvalue weighted by molar-refractivity contribution is -0.119. The molecule has 0 spiro atoms. The first-order valence-electron chi connectivity index (χ1n) is 6.00. The van der Waals surface area contributed by atoms with Crippen molar-refractivity contribution in [2.45, 2.75) is 31.1 Å². The fourth-order valence-electron chi connectivity index (χ4n) is 1.88. The number of nitrogens with zero attached hydrogens (tertiary/aromatic N) is 3. The highest BCUT2D eigenvalue weighted by Crippen LogP contribution is 2.15. The van der Waals surface area contributed by atoms with Gasteiger partial charge in [0.1, 0.15) is 6.33 Å². The Hall–Kier alpha value is -1.09. The van der Waals surface area contributed by atoms with E-state index in [2.05, 4.69) is 15.5 Å². The fourth-order valence-corrected chi connectivity index (χ4v) is 4.35. The van der Waals surface area contributed by atoms with Crippen molar-refractivity contribution < 1.29 is 13.2 Å². The number of aryl methyl sites for hydroxylation is 1. The molecule has 1 fully saturated rings. The summed E-state index contributed by atoms with van der Waals surface area (Å²) in [6, 6.07) is -0.248. The highest BCUT2D eigenvalue weighted by Gasteiger charge is 2.28. The van der Waals surface area contributed by atoms with Crippen molar-refractivity contribution in [3.05, 3.63) is 6.33 Å². The molecule has 1 N–H and O–H groups in total. The molecule has 0 saturated carbocycles. The molecule has 1 aliphatic heterocycles. The van der Waals surface area contributed by atoms with Crippen molar-refractivity contribution in [2.75, 3.05) is 17.3 Å². The third-order valence-corrected chi connectivity index (χ3v) is 5.60. The molecule has 1 aromatic heterocycles. The normalized spacial score (nSPS) is 21.4. The van der Waals surface area contributed by atoms with E-state index in [4.69, 9.17) is 0 Å². The molecule has 2 heterocycles. The van der Waals surface area contributed by atoms with Crippen LogP contribution in [0, 0.1) is 0 Å². The zero-order chi connectivity index (χ0) is 13.9. The molecular weight excluding hydrogens is 288 g/mol. The Balaban J connectivity index is 1.79. The highest BCUT2D eigenvalue weighted by molar-refractivity contribution is 7.99. The first-order chi connectivity index (χ1) is 9.00. The van der Waals surface area contributed by atoms with Crippen LogP contribution in [0.4, 0.5) is 0 Å². The molecule has 1 aromatic rings. The molecule has 106 valence electrons. The molecule has 0 unspecified atom stereocenters. The van der Waals surface area contributed by atoms with Crippen molar-refractivity contribution in [3.8, 4) is 0 Å². The van der Waals surface area contributed by atoms with Crippen LogP contribution in [-0.2, 0) is 21.2 Å². The van der Waals surface area contributed by atoms with E-state index in [0.717, 1.165) is 6.54 Å². The van der Waals surface area contributed by atoms with Gasteiger partial charge in [-0.3, -0.25) is 4.79 Å². The van der Waals surface area contributed by atoms with Crippen LogP contribution in [0.2, 0.25) is 0 Å². The highest BCUT2D eigenvalue weighted by atomic mass is 32.2. The Morgan fingerprint density at radius 3 is 3.05 bits per heavy atom. The maximum atomic E-state index is 11.7. The lowest BCUT2D eigenvalue weighted by Crippen LogP contribution is -2.36. The monoisotopic (exact) mass is 304 g/mol. The van der Waals surface area contributed by atoms with Gasteiger partial charge >= 0.3 is 0 Å². The summed E-state index contributed by atoms with van der Waals surface area (Å²) in [5, 5.41) is 11.1. The topological polar surface area (TPSA) is 93.9 Å². The van der Waals surface area contributed by atoms with Crippen molar-refractivity contribution >= 4 is 27.5 Å². The maximum absolute atomic E-state index is 11.7. The number of rotatable bonds is 5. The summed E-state index contributed by atoms with van der Waals surface area (Å²) >= 11 is 1.30. The summed E-state index contributed by atoms with van der Waals surface area (Å²) in [6.07, 6.45) is 2.12. The molecule has 0 bridgehead atoms. The van der Waals surface area contributed by atoms with Crippen molar-refractivity contribution in [1.82, 2.24) is 20.1 Å². The van der Waals surface area contributed by atoms with Gasteiger partial charge < -0.3 is 9.88 Å². The van der Waals surface area contributed by atoms with E-state index in [1.54, 1.807) is 6.33 Å². The molecule has 9 heteroatoms. The second-order valence-corrected chi connectivity index (χ2v) is 7.53. The molecule has 0 aromatic carbocycles. The number of carbonyl (C=O) groups excluding carboxylic acids is 1. The van der Waals surface area contributed by atoms with Crippen LogP contribution in [0.15, 0.2) is 11.5 Å². The van der Waals surface area contributed by atoms with E-state index < -0.39 is 9.84 Å². The number of hydrogen-bond donors (Lipinski definition) is 1. The molecule has 19 heavy (non-hydrogen) atoms. The Kier molecular flexibility index (Phi) is 4.46. The second kappa shape index (κ2) is 5.91. The van der Waals surface area contributed by atoms with Gasteiger partial charge in [-0.15, -0.1) is 10.2 Å². The van der Waals surface area contributed by atoms with Crippen LogP contribution in [0.5, 0.6) is 0 Å². The Bertz CT molecular complexity index is 555. The summed E-state index contributed by atoms with van der Waals surface area (Å²) in [7, 11) is -2.96. The summed E-state index contributed by atoms with van der Waals surface area (Å²) in [5.41, 5.74) is 0. The largest absolute Gasteiger partial charge is 0.352 e. The first-order valence-corrected chi connectivity index (χ1v) is 8.81. The average molecular weight is 304 g/mol. The van der Waals surface area contributed by atoms with Crippen molar-refractivity contribution in [3.63, 3.8) is 0 Å². The summed E-state index contributed by atoms with van der Waals surface area (Å²) in [4.78, 5) is 11.7. The maximum Gasteiger partial charge on any atom is 0.230 e. The van der Waals surface area contributed by atoms with Gasteiger partial charge in [0.15, 0.2) is 15.0 Å². The van der Waals surface area contributed by atoms with E-state index in [9.17, 15) is 13.2 Å². The minimum Gasteiger partial charge on any atom is -0.352 e. The van der Waals surface area contributed by atoms with E-state index in [-0.39, 0.29) is 29.2 Å². The minimum atomic E-state index is -2.96. The van der Waals surface area contributed by atoms with E-state index in [1.165, 1.54) is 11.8 Å². The van der Waals surface area contributed by atoms with Crippen LogP contribution in [0.1, 0.15) is 13.3 Å². The van der Waals surface area contributed by atoms with Crippen LogP contribution >= 0.6 is 11.8 Å². The molecular formula is C10H16N4O3S2. The van der Waals surface area contributed by atoms with Gasteiger partial charge in [-0.05, 0) is 13.3 Å². The smallest absolute Gasteiger partial charge is 0.230 e. The van der Waals surface area contributed by atoms with Crippen LogP contribution in [0.3, 0.4) is 0 Å². The minimum absolute atomic E-state index is 0.0501. The number of nitrogens with one attached hydrogen (secondary N) is 1. The van der Waals surface area contributed by atoms with Gasteiger partial charge in [0, 0.05) is 12.6 Å².